The van der Waals surface area contributed by atoms with Gasteiger partial charge in [0.25, 0.3) is 0 Å². The van der Waals surface area contributed by atoms with E-state index in [9.17, 15) is 0 Å². The zero-order chi connectivity index (χ0) is 12.1. The SMILES string of the molecule is COC1CCN(C(N)=NC2CCCCC2)CC1. The second-order valence-corrected chi connectivity index (χ2v) is 5.20. The van der Waals surface area contributed by atoms with Crippen LogP contribution in [0.2, 0.25) is 0 Å². The van der Waals surface area contributed by atoms with Gasteiger partial charge in [0.15, 0.2) is 5.96 Å². The Balaban J connectivity index is 1.82. The highest BCUT2D eigenvalue weighted by Crippen LogP contribution is 2.21. The first kappa shape index (κ1) is 12.7. The lowest BCUT2D eigenvalue weighted by atomic mass is 9.96. The van der Waals surface area contributed by atoms with Crippen molar-refractivity contribution in [2.75, 3.05) is 20.2 Å². The van der Waals surface area contributed by atoms with E-state index in [4.69, 9.17) is 15.5 Å². The molecule has 1 aliphatic carbocycles. The number of hydrogen-bond acceptors (Lipinski definition) is 2. The van der Waals surface area contributed by atoms with Crippen molar-refractivity contribution in [1.82, 2.24) is 4.90 Å². The number of piperidine rings is 1. The molecule has 0 radical (unpaired) electrons. The summed E-state index contributed by atoms with van der Waals surface area (Å²) in [6.07, 6.45) is 8.97. The van der Waals surface area contributed by atoms with E-state index in [1.54, 1.807) is 7.11 Å². The van der Waals surface area contributed by atoms with Gasteiger partial charge in [0.1, 0.15) is 0 Å². The highest BCUT2D eigenvalue weighted by Gasteiger charge is 2.21. The summed E-state index contributed by atoms with van der Waals surface area (Å²) in [6.45, 7) is 1.97. The molecule has 98 valence electrons. The fourth-order valence-corrected chi connectivity index (χ4v) is 2.80. The quantitative estimate of drug-likeness (QED) is 0.590. The molecule has 0 atom stereocenters. The monoisotopic (exact) mass is 239 g/mol. The van der Waals surface area contributed by atoms with Gasteiger partial charge in [-0.3, -0.25) is 0 Å². The number of hydrogen-bond donors (Lipinski definition) is 1. The molecule has 0 aromatic carbocycles. The first-order chi connectivity index (χ1) is 8.29. The standard InChI is InChI=1S/C13H25N3O/c1-17-12-7-9-16(10-8-12)13(14)15-11-5-3-2-4-6-11/h11-12H,2-10H2,1H3,(H2,14,15). The Hall–Kier alpha value is -0.770. The average Bonchev–Trinajstić information content (AvgIpc) is 2.40. The van der Waals surface area contributed by atoms with Gasteiger partial charge in [-0.1, -0.05) is 19.3 Å². The molecule has 17 heavy (non-hydrogen) atoms. The number of nitrogens with two attached hydrogens (primary N) is 1. The molecule has 2 aliphatic rings. The van der Waals surface area contributed by atoms with Crippen molar-refractivity contribution >= 4 is 5.96 Å². The van der Waals surface area contributed by atoms with Crippen molar-refractivity contribution in [3.05, 3.63) is 0 Å². The van der Waals surface area contributed by atoms with Gasteiger partial charge in [-0.05, 0) is 25.7 Å². The van der Waals surface area contributed by atoms with E-state index in [1.807, 2.05) is 0 Å². The smallest absolute Gasteiger partial charge is 0.191 e. The summed E-state index contributed by atoms with van der Waals surface area (Å²) < 4.78 is 5.36. The molecule has 1 aliphatic heterocycles. The summed E-state index contributed by atoms with van der Waals surface area (Å²) >= 11 is 0. The van der Waals surface area contributed by atoms with Crippen LogP contribution in [0.4, 0.5) is 0 Å². The minimum absolute atomic E-state index is 0.411. The van der Waals surface area contributed by atoms with Crippen LogP contribution in [0.5, 0.6) is 0 Å². The molecule has 2 rings (SSSR count). The molecule has 4 nitrogen and oxygen atoms in total. The summed E-state index contributed by atoms with van der Waals surface area (Å²) in [5, 5.41) is 0. The predicted octanol–water partition coefficient (Wildman–Crippen LogP) is 1.74. The van der Waals surface area contributed by atoms with Crippen LogP contribution in [0.1, 0.15) is 44.9 Å². The zero-order valence-corrected chi connectivity index (χ0v) is 10.9. The van der Waals surface area contributed by atoms with Crippen molar-refractivity contribution in [3.8, 4) is 0 Å². The van der Waals surface area contributed by atoms with Gasteiger partial charge in [-0.15, -0.1) is 0 Å². The topological polar surface area (TPSA) is 50.9 Å². The van der Waals surface area contributed by atoms with Crippen LogP contribution in [-0.2, 0) is 4.74 Å². The van der Waals surface area contributed by atoms with Crippen LogP contribution in [0.15, 0.2) is 4.99 Å². The van der Waals surface area contributed by atoms with Crippen LogP contribution < -0.4 is 5.73 Å². The molecule has 1 saturated heterocycles. The van der Waals surface area contributed by atoms with Crippen LogP contribution >= 0.6 is 0 Å². The molecule has 0 amide bonds. The van der Waals surface area contributed by atoms with Crippen molar-refractivity contribution in [2.45, 2.75) is 57.1 Å². The van der Waals surface area contributed by atoms with Crippen molar-refractivity contribution in [2.24, 2.45) is 10.7 Å². The summed E-state index contributed by atoms with van der Waals surface area (Å²) in [7, 11) is 1.79. The lowest BCUT2D eigenvalue weighted by Crippen LogP contribution is -2.45. The number of ether oxygens (including phenoxy) is 1. The van der Waals surface area contributed by atoms with E-state index in [1.165, 1.54) is 32.1 Å². The van der Waals surface area contributed by atoms with Crippen molar-refractivity contribution in [3.63, 3.8) is 0 Å². The Labute approximate surface area is 104 Å². The van der Waals surface area contributed by atoms with E-state index in [-0.39, 0.29) is 0 Å². The third kappa shape index (κ3) is 3.60. The molecule has 2 N–H and O–H groups in total. The minimum Gasteiger partial charge on any atom is -0.381 e. The molecule has 0 bridgehead atoms. The normalized spacial score (nSPS) is 25.2. The number of methoxy groups -OCH3 is 1. The van der Waals surface area contributed by atoms with Crippen LogP contribution in [0, 0.1) is 0 Å². The van der Waals surface area contributed by atoms with Crippen LogP contribution in [-0.4, -0.2) is 43.2 Å². The molecule has 0 aromatic rings. The zero-order valence-electron chi connectivity index (χ0n) is 10.9. The molecule has 1 heterocycles. The highest BCUT2D eigenvalue weighted by molar-refractivity contribution is 5.78. The number of guanidine groups is 1. The minimum atomic E-state index is 0.411. The van der Waals surface area contributed by atoms with Gasteiger partial charge in [0, 0.05) is 20.2 Å². The highest BCUT2D eigenvalue weighted by atomic mass is 16.5. The van der Waals surface area contributed by atoms with E-state index < -0.39 is 0 Å². The van der Waals surface area contributed by atoms with Crippen LogP contribution in [0.25, 0.3) is 0 Å². The number of rotatable bonds is 2. The molecular formula is C13H25N3O. The van der Waals surface area contributed by atoms with Gasteiger partial charge >= 0.3 is 0 Å². The molecule has 2 fully saturated rings. The third-order valence-corrected chi connectivity index (χ3v) is 3.99. The Kier molecular flexibility index (Phi) is 4.66. The third-order valence-electron chi connectivity index (χ3n) is 3.99. The van der Waals surface area contributed by atoms with Crippen molar-refractivity contribution < 1.29 is 4.74 Å². The lowest BCUT2D eigenvalue weighted by Gasteiger charge is -2.32. The largest absolute Gasteiger partial charge is 0.381 e. The van der Waals surface area contributed by atoms with Crippen LogP contribution in [0.3, 0.4) is 0 Å². The molecule has 0 spiro atoms. The van der Waals surface area contributed by atoms with Crippen molar-refractivity contribution in [1.29, 1.82) is 0 Å². The summed E-state index contributed by atoms with van der Waals surface area (Å²) in [5.74, 6) is 0.756. The predicted molar refractivity (Wildman–Crippen MR) is 70.1 cm³/mol. The fraction of sp³-hybridized carbons (Fsp3) is 0.923. The maximum Gasteiger partial charge on any atom is 0.191 e. The number of nitrogens with zero attached hydrogens (tertiary/aromatic N) is 2. The van der Waals surface area contributed by atoms with Gasteiger partial charge < -0.3 is 15.4 Å². The molecule has 0 aromatic heterocycles. The van der Waals surface area contributed by atoms with Gasteiger partial charge in [0.2, 0.25) is 0 Å². The summed E-state index contributed by atoms with van der Waals surface area (Å²) in [5.41, 5.74) is 6.10. The molecule has 0 unspecified atom stereocenters. The maximum atomic E-state index is 6.10. The molecule has 1 saturated carbocycles. The fourth-order valence-electron chi connectivity index (χ4n) is 2.80. The Morgan fingerprint density at radius 1 is 1.12 bits per heavy atom. The second-order valence-electron chi connectivity index (χ2n) is 5.20. The first-order valence-electron chi connectivity index (χ1n) is 6.90. The van der Waals surface area contributed by atoms with Gasteiger partial charge in [-0.2, -0.15) is 0 Å². The van der Waals surface area contributed by atoms with Gasteiger partial charge in [0.05, 0.1) is 12.1 Å². The second kappa shape index (κ2) is 6.24. The van der Waals surface area contributed by atoms with E-state index in [0.29, 0.717) is 12.1 Å². The maximum absolute atomic E-state index is 6.10. The van der Waals surface area contributed by atoms with Gasteiger partial charge in [-0.25, -0.2) is 4.99 Å². The summed E-state index contributed by atoms with van der Waals surface area (Å²) in [6, 6.07) is 0.476. The molecule has 4 heteroatoms. The average molecular weight is 239 g/mol. The van der Waals surface area contributed by atoms with E-state index in [0.717, 1.165) is 31.9 Å². The van der Waals surface area contributed by atoms with E-state index in [2.05, 4.69) is 4.90 Å². The van der Waals surface area contributed by atoms with E-state index >= 15 is 0 Å². The Morgan fingerprint density at radius 2 is 1.76 bits per heavy atom. The Morgan fingerprint density at radius 3 is 2.35 bits per heavy atom. The molecular weight excluding hydrogens is 214 g/mol. The Bertz CT molecular complexity index is 253. The first-order valence-corrected chi connectivity index (χ1v) is 6.90. The number of aliphatic imine (C=N–C) groups is 1. The lowest BCUT2D eigenvalue weighted by molar-refractivity contribution is 0.0575. The number of likely N-dealkylation sites (tertiary alicyclic amines) is 1. The summed E-state index contributed by atoms with van der Waals surface area (Å²) in [4.78, 5) is 6.90.